The topological polar surface area (TPSA) is 54.3 Å². The number of aromatic nitrogens is 1. The van der Waals surface area contributed by atoms with Crippen molar-refractivity contribution >= 4 is 34.4 Å². The monoisotopic (exact) mass is 389 g/mol. The molecule has 1 aliphatic rings. The fraction of sp³-hybridized carbons (Fsp3) is 0.524. The van der Waals surface area contributed by atoms with E-state index in [1.54, 1.807) is 30.3 Å². The van der Waals surface area contributed by atoms with Crippen molar-refractivity contribution in [3.63, 3.8) is 0 Å². The highest BCUT2D eigenvalue weighted by Crippen LogP contribution is 2.29. The van der Waals surface area contributed by atoms with Crippen molar-refractivity contribution in [3.8, 4) is 0 Å². The van der Waals surface area contributed by atoms with Crippen LogP contribution in [-0.2, 0) is 0 Å². The second kappa shape index (κ2) is 8.79. The summed E-state index contributed by atoms with van der Waals surface area (Å²) >= 11 is 6.39. The van der Waals surface area contributed by atoms with Crippen molar-refractivity contribution in [1.82, 2.24) is 14.8 Å². The lowest BCUT2D eigenvalue weighted by atomic mass is 10.0. The van der Waals surface area contributed by atoms with E-state index in [0.717, 1.165) is 0 Å². The fourth-order valence-electron chi connectivity index (χ4n) is 3.79. The Hall–Kier alpha value is -2.01. The van der Waals surface area contributed by atoms with E-state index in [9.17, 15) is 9.59 Å². The van der Waals surface area contributed by atoms with Crippen LogP contribution in [0.5, 0.6) is 0 Å². The van der Waals surface area contributed by atoms with Crippen molar-refractivity contribution in [3.05, 3.63) is 35.0 Å². The van der Waals surface area contributed by atoms with Gasteiger partial charge in [-0.05, 0) is 37.8 Å². The molecule has 5 nitrogen and oxygen atoms in total. The molecule has 0 saturated heterocycles. The SMILES string of the molecule is CCN(C)C(=O)n1cc(C(=O)NCC2CCCCCC2)c2c(Cl)cccc21. The molecule has 0 radical (unpaired) electrons. The molecule has 1 fully saturated rings. The number of nitrogens with zero attached hydrogens (tertiary/aromatic N) is 2. The van der Waals surface area contributed by atoms with Crippen LogP contribution in [0.4, 0.5) is 4.79 Å². The van der Waals surface area contributed by atoms with E-state index in [4.69, 9.17) is 11.6 Å². The molecular formula is C21H28ClN3O2. The number of amides is 2. The Kier molecular flexibility index (Phi) is 6.42. The van der Waals surface area contributed by atoms with Gasteiger partial charge in [-0.15, -0.1) is 0 Å². The van der Waals surface area contributed by atoms with Gasteiger partial charge in [-0.1, -0.05) is 43.4 Å². The average Bonchev–Trinajstić information content (AvgIpc) is 2.88. The van der Waals surface area contributed by atoms with E-state index in [0.29, 0.717) is 40.5 Å². The van der Waals surface area contributed by atoms with Gasteiger partial charge in [0.15, 0.2) is 0 Å². The zero-order chi connectivity index (χ0) is 19.4. The molecule has 27 heavy (non-hydrogen) atoms. The van der Waals surface area contributed by atoms with Crippen LogP contribution >= 0.6 is 11.6 Å². The molecule has 1 saturated carbocycles. The summed E-state index contributed by atoms with van der Waals surface area (Å²) in [6.45, 7) is 3.18. The first-order valence-electron chi connectivity index (χ1n) is 9.86. The van der Waals surface area contributed by atoms with Gasteiger partial charge in [0.25, 0.3) is 5.91 Å². The van der Waals surface area contributed by atoms with Crippen LogP contribution in [0.15, 0.2) is 24.4 Å². The molecule has 2 aromatic rings. The Morgan fingerprint density at radius 3 is 2.59 bits per heavy atom. The van der Waals surface area contributed by atoms with Gasteiger partial charge < -0.3 is 10.2 Å². The van der Waals surface area contributed by atoms with Crippen LogP contribution in [0, 0.1) is 5.92 Å². The second-order valence-corrected chi connectivity index (χ2v) is 7.82. The molecule has 0 bridgehead atoms. The molecule has 146 valence electrons. The molecule has 1 aliphatic carbocycles. The number of hydrogen-bond donors (Lipinski definition) is 1. The van der Waals surface area contributed by atoms with Crippen LogP contribution in [0.1, 0.15) is 55.8 Å². The third-order valence-electron chi connectivity index (χ3n) is 5.56. The number of carbonyl (C=O) groups excluding carboxylic acids is 2. The van der Waals surface area contributed by atoms with Gasteiger partial charge in [0, 0.05) is 31.7 Å². The summed E-state index contributed by atoms with van der Waals surface area (Å²) in [4.78, 5) is 27.2. The van der Waals surface area contributed by atoms with Crippen molar-refractivity contribution in [2.75, 3.05) is 20.1 Å². The minimum absolute atomic E-state index is 0.164. The van der Waals surface area contributed by atoms with Gasteiger partial charge in [0.2, 0.25) is 0 Å². The lowest BCUT2D eigenvalue weighted by Gasteiger charge is -2.15. The normalized spacial score (nSPS) is 15.5. The summed E-state index contributed by atoms with van der Waals surface area (Å²) in [5.41, 5.74) is 1.12. The highest BCUT2D eigenvalue weighted by Gasteiger charge is 2.22. The maximum Gasteiger partial charge on any atom is 0.328 e. The summed E-state index contributed by atoms with van der Waals surface area (Å²) in [5, 5.41) is 4.19. The van der Waals surface area contributed by atoms with Crippen LogP contribution < -0.4 is 5.32 Å². The number of nitrogens with one attached hydrogen (secondary N) is 1. The molecule has 2 amide bonds. The number of halogens is 1. The second-order valence-electron chi connectivity index (χ2n) is 7.41. The van der Waals surface area contributed by atoms with E-state index >= 15 is 0 Å². The van der Waals surface area contributed by atoms with Gasteiger partial charge >= 0.3 is 6.03 Å². The zero-order valence-electron chi connectivity index (χ0n) is 16.1. The number of hydrogen-bond acceptors (Lipinski definition) is 2. The molecule has 1 aromatic carbocycles. The predicted octanol–water partition coefficient (Wildman–Crippen LogP) is 4.91. The molecule has 0 spiro atoms. The van der Waals surface area contributed by atoms with Crippen molar-refractivity contribution in [2.24, 2.45) is 5.92 Å². The van der Waals surface area contributed by atoms with Crippen LogP contribution in [-0.4, -0.2) is 41.5 Å². The van der Waals surface area contributed by atoms with E-state index in [1.807, 2.05) is 13.0 Å². The molecule has 1 aromatic heterocycles. The van der Waals surface area contributed by atoms with Crippen molar-refractivity contribution in [1.29, 1.82) is 0 Å². The smallest absolute Gasteiger partial charge is 0.328 e. The third-order valence-corrected chi connectivity index (χ3v) is 5.87. The van der Waals surface area contributed by atoms with E-state index in [1.165, 1.54) is 43.1 Å². The van der Waals surface area contributed by atoms with E-state index in [2.05, 4.69) is 5.32 Å². The molecule has 6 heteroatoms. The van der Waals surface area contributed by atoms with E-state index < -0.39 is 0 Å². The van der Waals surface area contributed by atoms with E-state index in [-0.39, 0.29) is 11.9 Å². The quantitative estimate of drug-likeness (QED) is 0.755. The number of fused-ring (bicyclic) bond motifs is 1. The Labute approximate surface area is 165 Å². The highest BCUT2D eigenvalue weighted by molar-refractivity contribution is 6.37. The lowest BCUT2D eigenvalue weighted by Crippen LogP contribution is -2.31. The van der Waals surface area contributed by atoms with Gasteiger partial charge in [0.05, 0.1) is 16.1 Å². The maximum atomic E-state index is 12.9. The largest absolute Gasteiger partial charge is 0.352 e. The fourth-order valence-corrected chi connectivity index (χ4v) is 4.06. The highest BCUT2D eigenvalue weighted by atomic mass is 35.5. The number of rotatable bonds is 4. The predicted molar refractivity (Wildman–Crippen MR) is 110 cm³/mol. The van der Waals surface area contributed by atoms with Crippen LogP contribution in [0.25, 0.3) is 10.9 Å². The first kappa shape index (κ1) is 19.7. The Balaban J connectivity index is 1.86. The minimum atomic E-state index is -0.174. The summed E-state index contributed by atoms with van der Waals surface area (Å²) < 4.78 is 1.52. The number of carbonyl (C=O) groups is 2. The van der Waals surface area contributed by atoms with Gasteiger partial charge in [-0.2, -0.15) is 0 Å². The lowest BCUT2D eigenvalue weighted by molar-refractivity contribution is 0.0947. The minimum Gasteiger partial charge on any atom is -0.352 e. The standard InChI is InChI=1S/C21H28ClN3O2/c1-3-24(2)21(27)25-14-16(19-17(22)11-8-12-18(19)25)20(26)23-13-15-9-6-4-5-7-10-15/h8,11-12,14-15H,3-7,9-10,13H2,1-2H3,(H,23,26). The Bertz CT molecular complexity index is 822. The summed E-state index contributed by atoms with van der Waals surface area (Å²) in [5.74, 6) is 0.371. The zero-order valence-corrected chi connectivity index (χ0v) is 16.9. The van der Waals surface area contributed by atoms with Crippen LogP contribution in [0.3, 0.4) is 0 Å². The molecule has 3 rings (SSSR count). The summed E-state index contributed by atoms with van der Waals surface area (Å²) in [6.07, 6.45) is 9.02. The third kappa shape index (κ3) is 4.29. The first-order valence-corrected chi connectivity index (χ1v) is 10.2. The summed E-state index contributed by atoms with van der Waals surface area (Å²) in [7, 11) is 1.74. The van der Waals surface area contributed by atoms with Gasteiger partial charge in [-0.25, -0.2) is 4.79 Å². The molecule has 0 atom stereocenters. The molecular weight excluding hydrogens is 362 g/mol. The van der Waals surface area contributed by atoms with Gasteiger partial charge in [-0.3, -0.25) is 9.36 Å². The maximum absolute atomic E-state index is 12.9. The van der Waals surface area contributed by atoms with Gasteiger partial charge in [0.1, 0.15) is 0 Å². The molecule has 0 unspecified atom stereocenters. The van der Waals surface area contributed by atoms with Crippen molar-refractivity contribution < 1.29 is 9.59 Å². The summed E-state index contributed by atoms with van der Waals surface area (Å²) in [6, 6.07) is 5.20. The van der Waals surface area contributed by atoms with Crippen molar-refractivity contribution in [2.45, 2.75) is 45.4 Å². The molecule has 1 heterocycles. The molecule has 0 aliphatic heterocycles. The van der Waals surface area contributed by atoms with Crippen LogP contribution in [0.2, 0.25) is 5.02 Å². The molecule has 1 N–H and O–H groups in total. The Morgan fingerprint density at radius 1 is 1.22 bits per heavy atom. The average molecular weight is 390 g/mol. The Morgan fingerprint density at radius 2 is 1.93 bits per heavy atom. The number of benzene rings is 1. The first-order chi connectivity index (χ1) is 13.0.